The Morgan fingerprint density at radius 3 is 2.18 bits per heavy atom. The van der Waals surface area contributed by atoms with Gasteiger partial charge in [-0.1, -0.05) is 65.2 Å². The maximum atomic E-state index is 13.9. The van der Waals surface area contributed by atoms with Crippen molar-refractivity contribution in [2.75, 3.05) is 10.8 Å². The number of halogens is 2. The van der Waals surface area contributed by atoms with Crippen LogP contribution >= 0.6 is 23.2 Å². The highest BCUT2D eigenvalue weighted by atomic mass is 35.5. The molecule has 0 heterocycles. The van der Waals surface area contributed by atoms with Crippen molar-refractivity contribution in [1.82, 2.24) is 10.2 Å². The highest BCUT2D eigenvalue weighted by molar-refractivity contribution is 7.92. The maximum Gasteiger partial charge on any atom is 0.264 e. The zero-order valence-corrected chi connectivity index (χ0v) is 24.9. The summed E-state index contributed by atoms with van der Waals surface area (Å²) in [7, 11) is -4.17. The van der Waals surface area contributed by atoms with E-state index in [0.717, 1.165) is 9.87 Å². The Bertz CT molecular complexity index is 1440. The molecule has 0 unspecified atom stereocenters. The van der Waals surface area contributed by atoms with Gasteiger partial charge in [-0.25, -0.2) is 8.42 Å². The second-order valence-corrected chi connectivity index (χ2v) is 13.0. The predicted octanol–water partition coefficient (Wildman–Crippen LogP) is 5.83. The molecule has 3 aromatic carbocycles. The fourth-order valence-corrected chi connectivity index (χ4v) is 5.65. The zero-order chi connectivity index (χ0) is 29.0. The van der Waals surface area contributed by atoms with Gasteiger partial charge in [0.25, 0.3) is 10.0 Å². The molecule has 0 aliphatic carbocycles. The van der Waals surface area contributed by atoms with Crippen molar-refractivity contribution in [3.05, 3.63) is 94.0 Å². The molecule has 1 N–H and O–H groups in total. The number of sulfonamides is 1. The molecule has 0 saturated carbocycles. The van der Waals surface area contributed by atoms with Crippen molar-refractivity contribution >= 4 is 50.7 Å². The van der Waals surface area contributed by atoms with Gasteiger partial charge in [-0.2, -0.15) is 0 Å². The number of rotatable bonds is 9. The van der Waals surface area contributed by atoms with E-state index in [-0.39, 0.29) is 23.0 Å². The van der Waals surface area contributed by atoms with Crippen LogP contribution in [0.1, 0.15) is 38.8 Å². The lowest BCUT2D eigenvalue weighted by Crippen LogP contribution is -2.54. The quantitative estimate of drug-likeness (QED) is 0.340. The first-order valence-corrected chi connectivity index (χ1v) is 14.6. The third-order valence-electron chi connectivity index (χ3n) is 5.95. The van der Waals surface area contributed by atoms with Gasteiger partial charge >= 0.3 is 0 Å². The third kappa shape index (κ3) is 7.97. The first-order valence-electron chi connectivity index (χ1n) is 12.4. The summed E-state index contributed by atoms with van der Waals surface area (Å²) >= 11 is 12.6. The van der Waals surface area contributed by atoms with Crippen LogP contribution in [-0.2, 0) is 26.2 Å². The van der Waals surface area contributed by atoms with Crippen LogP contribution in [0.25, 0.3) is 0 Å². The SMILES string of the molecule is Cc1ccc(S(=O)(=O)N(CC(=O)N(Cc2ccccc2Cl)[C@@H](C)C(=O)NC(C)(C)C)c2cccc(Cl)c2)cc1. The monoisotopic (exact) mass is 589 g/mol. The lowest BCUT2D eigenvalue weighted by atomic mass is 10.1. The zero-order valence-electron chi connectivity index (χ0n) is 22.6. The first kappa shape index (κ1) is 30.5. The van der Waals surface area contributed by atoms with Crippen LogP contribution in [0.2, 0.25) is 10.0 Å². The Labute approximate surface area is 240 Å². The first-order chi connectivity index (χ1) is 18.2. The van der Waals surface area contributed by atoms with Gasteiger partial charge in [0.1, 0.15) is 12.6 Å². The minimum atomic E-state index is -4.17. The fourth-order valence-electron chi connectivity index (χ4n) is 3.86. The summed E-state index contributed by atoms with van der Waals surface area (Å²) in [5.74, 6) is -0.958. The minimum Gasteiger partial charge on any atom is -0.350 e. The second kappa shape index (κ2) is 12.4. The Morgan fingerprint density at radius 2 is 1.59 bits per heavy atom. The molecule has 1 atom stereocenters. The van der Waals surface area contributed by atoms with Gasteiger partial charge in [-0.15, -0.1) is 0 Å². The van der Waals surface area contributed by atoms with Gasteiger partial charge in [0.15, 0.2) is 0 Å². The molecule has 0 radical (unpaired) electrons. The Balaban J connectivity index is 2.05. The summed E-state index contributed by atoms with van der Waals surface area (Å²) in [4.78, 5) is 28.4. The number of amides is 2. The van der Waals surface area contributed by atoms with E-state index in [0.29, 0.717) is 15.6 Å². The summed E-state index contributed by atoms with van der Waals surface area (Å²) in [5, 5.41) is 3.64. The predicted molar refractivity (Wildman–Crippen MR) is 157 cm³/mol. The van der Waals surface area contributed by atoms with E-state index in [9.17, 15) is 18.0 Å². The largest absolute Gasteiger partial charge is 0.350 e. The summed E-state index contributed by atoms with van der Waals surface area (Å²) in [5.41, 5.74) is 1.20. The number of hydrogen-bond donors (Lipinski definition) is 1. The molecule has 0 saturated heterocycles. The molecule has 208 valence electrons. The number of benzene rings is 3. The normalized spacial score (nSPS) is 12.5. The number of carbonyl (C=O) groups excluding carboxylic acids is 2. The molecule has 2 amide bonds. The molecule has 0 fully saturated rings. The molecular formula is C29H33Cl2N3O4S. The number of carbonyl (C=O) groups is 2. The molecule has 0 spiro atoms. The van der Waals surface area contributed by atoms with Crippen LogP contribution < -0.4 is 9.62 Å². The highest BCUT2D eigenvalue weighted by Crippen LogP contribution is 2.27. The standard InChI is InChI=1S/C29H33Cl2N3O4S/c1-20-13-15-25(16-14-20)39(37,38)34(24-11-8-10-23(30)17-24)19-27(35)33(18-22-9-6-7-12-26(22)31)21(2)28(36)32-29(3,4)5/h6-17,21H,18-19H2,1-5H3,(H,32,36)/t21-/m0/s1. The van der Waals surface area contributed by atoms with Crippen molar-refractivity contribution in [2.45, 2.75) is 57.6 Å². The maximum absolute atomic E-state index is 13.9. The molecule has 0 aliphatic rings. The summed E-state index contributed by atoms with van der Waals surface area (Å²) in [6.45, 7) is 8.42. The van der Waals surface area contributed by atoms with Crippen LogP contribution in [0.15, 0.2) is 77.7 Å². The topological polar surface area (TPSA) is 86.8 Å². The number of nitrogens with one attached hydrogen (secondary N) is 1. The van der Waals surface area contributed by atoms with Gasteiger partial charge in [0.05, 0.1) is 10.6 Å². The number of aryl methyl sites for hydroxylation is 1. The number of nitrogens with zero attached hydrogens (tertiary/aromatic N) is 2. The lowest BCUT2D eigenvalue weighted by Gasteiger charge is -2.33. The van der Waals surface area contributed by atoms with E-state index in [1.54, 1.807) is 61.5 Å². The van der Waals surface area contributed by atoms with Crippen LogP contribution in [0.4, 0.5) is 5.69 Å². The molecule has 3 rings (SSSR count). The highest BCUT2D eigenvalue weighted by Gasteiger charge is 2.33. The average molecular weight is 591 g/mol. The van der Waals surface area contributed by atoms with Crippen LogP contribution in [-0.4, -0.2) is 43.3 Å². The van der Waals surface area contributed by atoms with Crippen LogP contribution in [0.5, 0.6) is 0 Å². The average Bonchev–Trinajstić information content (AvgIpc) is 2.85. The molecule has 0 aromatic heterocycles. The number of anilines is 1. The van der Waals surface area contributed by atoms with Crippen molar-refractivity contribution in [3.8, 4) is 0 Å². The van der Waals surface area contributed by atoms with E-state index >= 15 is 0 Å². The smallest absolute Gasteiger partial charge is 0.264 e. The molecule has 7 nitrogen and oxygen atoms in total. The molecule has 0 bridgehead atoms. The summed E-state index contributed by atoms with van der Waals surface area (Å²) in [6, 6.07) is 18.7. The molecule has 3 aromatic rings. The van der Waals surface area contributed by atoms with Crippen LogP contribution in [0, 0.1) is 6.92 Å². The molecule has 39 heavy (non-hydrogen) atoms. The van der Waals surface area contributed by atoms with Gasteiger partial charge in [0, 0.05) is 22.1 Å². The molecule has 10 heteroatoms. The summed E-state index contributed by atoms with van der Waals surface area (Å²) < 4.78 is 28.7. The fraction of sp³-hybridized carbons (Fsp3) is 0.310. The van der Waals surface area contributed by atoms with E-state index < -0.39 is 34.1 Å². The van der Waals surface area contributed by atoms with E-state index in [1.807, 2.05) is 27.7 Å². The van der Waals surface area contributed by atoms with Crippen LogP contribution in [0.3, 0.4) is 0 Å². The van der Waals surface area contributed by atoms with Gasteiger partial charge in [0.2, 0.25) is 11.8 Å². The molecule has 0 aliphatic heterocycles. The van der Waals surface area contributed by atoms with Gasteiger partial charge in [-0.05, 0) is 76.6 Å². The summed E-state index contributed by atoms with van der Waals surface area (Å²) in [6.07, 6.45) is 0. The van der Waals surface area contributed by atoms with Gasteiger partial charge < -0.3 is 10.2 Å². The molecular weight excluding hydrogens is 557 g/mol. The van der Waals surface area contributed by atoms with Crippen molar-refractivity contribution < 1.29 is 18.0 Å². The van der Waals surface area contributed by atoms with E-state index in [4.69, 9.17) is 23.2 Å². The number of hydrogen-bond acceptors (Lipinski definition) is 4. The Hall–Kier alpha value is -3.07. The van der Waals surface area contributed by atoms with Crippen molar-refractivity contribution in [1.29, 1.82) is 0 Å². The second-order valence-electron chi connectivity index (χ2n) is 10.3. The van der Waals surface area contributed by atoms with Crippen molar-refractivity contribution in [2.24, 2.45) is 0 Å². The van der Waals surface area contributed by atoms with Crippen molar-refractivity contribution in [3.63, 3.8) is 0 Å². The van der Waals surface area contributed by atoms with Gasteiger partial charge in [-0.3, -0.25) is 13.9 Å². The Kier molecular flexibility index (Phi) is 9.69. The lowest BCUT2D eigenvalue weighted by molar-refractivity contribution is -0.140. The third-order valence-corrected chi connectivity index (χ3v) is 8.34. The Morgan fingerprint density at radius 1 is 0.949 bits per heavy atom. The minimum absolute atomic E-state index is 0.00516. The van der Waals surface area contributed by atoms with E-state index in [1.165, 1.54) is 23.1 Å². The van der Waals surface area contributed by atoms with E-state index in [2.05, 4.69) is 5.32 Å².